The van der Waals surface area contributed by atoms with Crippen LogP contribution in [-0.2, 0) is 16.0 Å². The largest absolute Gasteiger partial charge is 0.496 e. The van der Waals surface area contributed by atoms with Crippen molar-refractivity contribution in [3.63, 3.8) is 0 Å². The highest BCUT2D eigenvalue weighted by atomic mass is 16.6. The van der Waals surface area contributed by atoms with Crippen molar-refractivity contribution >= 4 is 22.6 Å². The predicted octanol–water partition coefficient (Wildman–Crippen LogP) is 3.14. The van der Waals surface area contributed by atoms with Gasteiger partial charge in [-0.3, -0.25) is 4.79 Å². The Morgan fingerprint density at radius 2 is 1.71 bits per heavy atom. The average Bonchev–Trinajstić information content (AvgIpc) is 2.81. The Bertz CT molecular complexity index is 1110. The van der Waals surface area contributed by atoms with E-state index in [1.165, 1.54) is 7.11 Å². The van der Waals surface area contributed by atoms with Crippen molar-refractivity contribution in [2.75, 3.05) is 33.5 Å². The molecule has 0 spiro atoms. The fourth-order valence-electron chi connectivity index (χ4n) is 3.40. The quantitative estimate of drug-likeness (QED) is 0.590. The highest BCUT2D eigenvalue weighted by Gasteiger charge is 2.17. The van der Waals surface area contributed by atoms with Crippen LogP contribution in [-0.4, -0.2) is 45.4 Å². The van der Waals surface area contributed by atoms with Crippen LogP contribution in [0, 0.1) is 0 Å². The lowest BCUT2D eigenvalue weighted by molar-refractivity contribution is -0.124. The number of esters is 1. The lowest BCUT2D eigenvalue weighted by Gasteiger charge is -2.18. The number of hydrogen-bond acceptors (Lipinski definition) is 6. The zero-order valence-corrected chi connectivity index (χ0v) is 17.2. The zero-order valence-electron chi connectivity index (χ0n) is 17.2. The molecule has 160 valence electrons. The van der Waals surface area contributed by atoms with Gasteiger partial charge in [-0.05, 0) is 47.0 Å². The molecule has 1 heterocycles. The van der Waals surface area contributed by atoms with Gasteiger partial charge in [0.15, 0.2) is 18.1 Å². The number of fused-ring (bicyclic) bond motifs is 2. The van der Waals surface area contributed by atoms with E-state index in [2.05, 4.69) is 5.32 Å². The summed E-state index contributed by atoms with van der Waals surface area (Å²) in [7, 11) is 1.49. The Labute approximate surface area is 179 Å². The number of carbonyl (C=O) groups excluding carboxylic acids is 2. The van der Waals surface area contributed by atoms with Gasteiger partial charge < -0.3 is 24.3 Å². The number of amides is 1. The summed E-state index contributed by atoms with van der Waals surface area (Å²) in [6, 6.07) is 16.8. The summed E-state index contributed by atoms with van der Waals surface area (Å²) >= 11 is 0. The fourth-order valence-corrected chi connectivity index (χ4v) is 3.40. The van der Waals surface area contributed by atoms with Crippen molar-refractivity contribution in [1.82, 2.24) is 5.32 Å². The second-order valence-corrected chi connectivity index (χ2v) is 7.05. The first-order valence-electron chi connectivity index (χ1n) is 10.0. The van der Waals surface area contributed by atoms with Crippen molar-refractivity contribution < 1.29 is 28.5 Å². The molecule has 7 nitrogen and oxygen atoms in total. The Kier molecular flexibility index (Phi) is 6.21. The van der Waals surface area contributed by atoms with Crippen molar-refractivity contribution in [2.24, 2.45) is 0 Å². The molecule has 31 heavy (non-hydrogen) atoms. The van der Waals surface area contributed by atoms with Gasteiger partial charge in [-0.25, -0.2) is 4.79 Å². The third-order valence-electron chi connectivity index (χ3n) is 4.96. The van der Waals surface area contributed by atoms with Crippen molar-refractivity contribution in [2.45, 2.75) is 6.42 Å². The summed E-state index contributed by atoms with van der Waals surface area (Å²) in [4.78, 5) is 24.6. The molecule has 1 N–H and O–H groups in total. The molecule has 0 fully saturated rings. The molecular weight excluding hydrogens is 398 g/mol. The second kappa shape index (κ2) is 9.38. The predicted molar refractivity (Wildman–Crippen MR) is 115 cm³/mol. The average molecular weight is 421 g/mol. The molecule has 3 aromatic rings. The van der Waals surface area contributed by atoms with E-state index >= 15 is 0 Å². The number of carbonyl (C=O) groups is 2. The van der Waals surface area contributed by atoms with E-state index in [-0.39, 0.29) is 18.1 Å². The molecular formula is C24H23NO6. The normalized spacial score (nSPS) is 12.3. The maximum absolute atomic E-state index is 12.5. The monoisotopic (exact) mass is 421 g/mol. The van der Waals surface area contributed by atoms with Crippen LogP contribution in [0.3, 0.4) is 0 Å². The van der Waals surface area contributed by atoms with Gasteiger partial charge in [0.05, 0.1) is 7.11 Å². The van der Waals surface area contributed by atoms with Gasteiger partial charge in [-0.1, -0.05) is 30.3 Å². The van der Waals surface area contributed by atoms with Gasteiger partial charge in [-0.2, -0.15) is 0 Å². The molecule has 0 radical (unpaired) electrons. The molecule has 0 atom stereocenters. The highest BCUT2D eigenvalue weighted by Crippen LogP contribution is 2.30. The fraction of sp³-hybridized carbons (Fsp3) is 0.250. The molecule has 0 unspecified atom stereocenters. The Morgan fingerprint density at radius 1 is 0.968 bits per heavy atom. The first kappa shape index (κ1) is 20.5. The third kappa shape index (κ3) is 4.88. The molecule has 1 aliphatic heterocycles. The van der Waals surface area contributed by atoms with Crippen LogP contribution in [0.2, 0.25) is 0 Å². The highest BCUT2D eigenvalue weighted by molar-refractivity contribution is 5.99. The van der Waals surface area contributed by atoms with Crippen LogP contribution in [0.15, 0.2) is 54.6 Å². The topological polar surface area (TPSA) is 83.1 Å². The Morgan fingerprint density at radius 3 is 2.48 bits per heavy atom. The molecule has 0 aliphatic carbocycles. The van der Waals surface area contributed by atoms with Crippen molar-refractivity contribution in [3.05, 3.63) is 65.7 Å². The van der Waals surface area contributed by atoms with Gasteiger partial charge in [0.1, 0.15) is 24.5 Å². The summed E-state index contributed by atoms with van der Waals surface area (Å²) < 4.78 is 21.6. The Balaban J connectivity index is 1.29. The number of nitrogens with one attached hydrogen (secondary N) is 1. The van der Waals surface area contributed by atoms with Gasteiger partial charge in [-0.15, -0.1) is 0 Å². The van der Waals surface area contributed by atoms with E-state index < -0.39 is 5.97 Å². The van der Waals surface area contributed by atoms with Crippen LogP contribution >= 0.6 is 0 Å². The smallest absolute Gasteiger partial charge is 0.342 e. The lowest BCUT2D eigenvalue weighted by atomic mass is 10.1. The summed E-state index contributed by atoms with van der Waals surface area (Å²) in [5, 5.41) is 4.60. The molecule has 0 saturated heterocycles. The van der Waals surface area contributed by atoms with Crippen LogP contribution < -0.4 is 19.5 Å². The van der Waals surface area contributed by atoms with E-state index in [9.17, 15) is 9.59 Å². The van der Waals surface area contributed by atoms with Crippen LogP contribution in [0.25, 0.3) is 10.8 Å². The molecule has 3 aromatic carbocycles. The molecule has 0 bridgehead atoms. The second-order valence-electron chi connectivity index (χ2n) is 7.05. The van der Waals surface area contributed by atoms with E-state index in [1.54, 1.807) is 12.1 Å². The number of methoxy groups -OCH3 is 1. The van der Waals surface area contributed by atoms with E-state index in [0.717, 1.165) is 22.1 Å². The molecule has 0 aromatic heterocycles. The van der Waals surface area contributed by atoms with Crippen LogP contribution in [0.4, 0.5) is 0 Å². The van der Waals surface area contributed by atoms with E-state index in [0.29, 0.717) is 37.7 Å². The van der Waals surface area contributed by atoms with Crippen molar-refractivity contribution in [1.29, 1.82) is 0 Å². The molecule has 0 saturated carbocycles. The van der Waals surface area contributed by atoms with Gasteiger partial charge in [0.2, 0.25) is 0 Å². The minimum absolute atomic E-state index is 0.283. The maximum Gasteiger partial charge on any atom is 0.342 e. The Hall–Kier alpha value is -3.74. The van der Waals surface area contributed by atoms with Crippen LogP contribution in [0.1, 0.15) is 15.9 Å². The number of ether oxygens (including phenoxy) is 4. The van der Waals surface area contributed by atoms with E-state index in [1.807, 2.05) is 42.5 Å². The summed E-state index contributed by atoms with van der Waals surface area (Å²) in [5.74, 6) is 0.876. The SMILES string of the molecule is COc1cc2ccccc2cc1C(=O)OCC(=O)NCCc1ccc2c(c1)OCCO2. The van der Waals surface area contributed by atoms with Crippen molar-refractivity contribution in [3.8, 4) is 17.2 Å². The van der Waals surface area contributed by atoms with Gasteiger partial charge in [0, 0.05) is 6.54 Å². The molecule has 4 rings (SSSR count). The first-order chi connectivity index (χ1) is 15.1. The molecule has 7 heteroatoms. The lowest BCUT2D eigenvalue weighted by Crippen LogP contribution is -2.30. The minimum Gasteiger partial charge on any atom is -0.496 e. The summed E-state index contributed by atoms with van der Waals surface area (Å²) in [5.41, 5.74) is 1.30. The van der Waals surface area contributed by atoms with Gasteiger partial charge in [0.25, 0.3) is 5.91 Å². The molecule has 1 aliphatic rings. The maximum atomic E-state index is 12.5. The van der Waals surface area contributed by atoms with Gasteiger partial charge >= 0.3 is 5.97 Å². The summed E-state index contributed by atoms with van der Waals surface area (Å²) in [6.07, 6.45) is 0.620. The van der Waals surface area contributed by atoms with E-state index in [4.69, 9.17) is 18.9 Å². The number of rotatable bonds is 7. The first-order valence-corrected chi connectivity index (χ1v) is 10.0. The van der Waals surface area contributed by atoms with Crippen LogP contribution in [0.5, 0.6) is 17.2 Å². The summed E-state index contributed by atoms with van der Waals surface area (Å²) in [6.45, 7) is 1.12. The zero-order chi connectivity index (χ0) is 21.6. The number of hydrogen-bond donors (Lipinski definition) is 1. The third-order valence-corrected chi connectivity index (χ3v) is 4.96. The molecule has 1 amide bonds. The minimum atomic E-state index is -0.607. The standard InChI is InChI=1S/C24H23NO6/c1-28-21-14-18-5-3-2-4-17(18)13-19(21)24(27)31-15-23(26)25-9-8-16-6-7-20-22(12-16)30-11-10-29-20/h2-7,12-14H,8-11,15H2,1H3,(H,25,26). The number of benzene rings is 3.